The molecule has 1 N–H and O–H groups in total. The van der Waals surface area contributed by atoms with Gasteiger partial charge in [0.05, 0.1) is 11.5 Å². The van der Waals surface area contributed by atoms with Crippen molar-refractivity contribution >= 4 is 18.2 Å². The zero-order valence-corrected chi connectivity index (χ0v) is 19.8. The average Bonchev–Trinajstić information content (AvgIpc) is 3.27. The number of hydrogen-bond donors (Lipinski definition) is 1. The fourth-order valence-electron chi connectivity index (χ4n) is 3.28. The average molecular weight is 483 g/mol. The molecule has 1 aromatic heterocycles. The highest BCUT2D eigenvalue weighted by atomic mass is 19.1. The van der Waals surface area contributed by atoms with E-state index in [2.05, 4.69) is 4.98 Å². The maximum atomic E-state index is 13.1. The highest BCUT2D eigenvalue weighted by molar-refractivity contribution is 5.91. The molecule has 0 aliphatic heterocycles. The topological polar surface area (TPSA) is 111 Å². The molecule has 184 valence electrons. The molecule has 3 aromatic rings. The third kappa shape index (κ3) is 6.66. The lowest BCUT2D eigenvalue weighted by Crippen LogP contribution is -2.37. The number of carboxylic acid groups (broad SMARTS) is 1. The molecule has 0 saturated carbocycles. The van der Waals surface area contributed by atoms with Gasteiger partial charge in [-0.25, -0.2) is 28.3 Å². The molecule has 2 aromatic carbocycles. The van der Waals surface area contributed by atoms with Crippen LogP contribution in [0.25, 0.3) is 0 Å². The number of nitrogens with zero attached hydrogens (tertiary/aromatic N) is 3. The molecule has 9 nitrogen and oxygen atoms in total. The first kappa shape index (κ1) is 25.4. The van der Waals surface area contributed by atoms with Crippen LogP contribution in [0.15, 0.2) is 60.9 Å². The van der Waals surface area contributed by atoms with Gasteiger partial charge in [0.15, 0.2) is 0 Å². The lowest BCUT2D eigenvalue weighted by atomic mass is 9.97. The number of likely N-dealkylation sites (N-methyl/N-ethyl adjacent to an activating group) is 1. The van der Waals surface area contributed by atoms with Gasteiger partial charge in [-0.2, -0.15) is 0 Å². The number of esters is 1. The van der Waals surface area contributed by atoms with Gasteiger partial charge < -0.3 is 19.5 Å². The van der Waals surface area contributed by atoms with Gasteiger partial charge in [0.1, 0.15) is 23.0 Å². The van der Waals surface area contributed by atoms with Gasteiger partial charge in [-0.05, 0) is 62.7 Å². The third-order valence-electron chi connectivity index (χ3n) is 4.92. The van der Waals surface area contributed by atoms with Crippen molar-refractivity contribution in [3.8, 4) is 5.75 Å². The number of carbonyl (C=O) groups is 3. The van der Waals surface area contributed by atoms with Crippen LogP contribution in [0.2, 0.25) is 0 Å². The van der Waals surface area contributed by atoms with Crippen LogP contribution in [0, 0.1) is 5.82 Å². The van der Waals surface area contributed by atoms with Crippen molar-refractivity contribution < 1.29 is 33.4 Å². The summed E-state index contributed by atoms with van der Waals surface area (Å²) in [5.41, 5.74) is 0.127. The van der Waals surface area contributed by atoms with Gasteiger partial charge in [0, 0.05) is 26.0 Å². The Balaban J connectivity index is 1.85. The largest absolute Gasteiger partial charge is 0.464 e. The van der Waals surface area contributed by atoms with Crippen LogP contribution in [0.3, 0.4) is 0 Å². The van der Waals surface area contributed by atoms with Gasteiger partial charge in [-0.15, -0.1) is 0 Å². The smallest absolute Gasteiger partial charge is 0.417 e. The van der Waals surface area contributed by atoms with E-state index < -0.39 is 35.5 Å². The van der Waals surface area contributed by atoms with E-state index in [-0.39, 0.29) is 23.7 Å². The van der Waals surface area contributed by atoms with Crippen molar-refractivity contribution in [3.05, 3.63) is 83.7 Å². The van der Waals surface area contributed by atoms with Gasteiger partial charge >= 0.3 is 18.2 Å². The van der Waals surface area contributed by atoms with Crippen molar-refractivity contribution in [2.45, 2.75) is 32.3 Å². The van der Waals surface area contributed by atoms with Gasteiger partial charge in [0.25, 0.3) is 0 Å². The van der Waals surface area contributed by atoms with Gasteiger partial charge in [-0.3, -0.25) is 0 Å². The molecule has 1 unspecified atom stereocenters. The Labute approximate surface area is 201 Å². The normalized spacial score (nSPS) is 12.0. The second kappa shape index (κ2) is 10.4. The molecule has 0 spiro atoms. The first-order valence-corrected chi connectivity index (χ1v) is 10.7. The number of imidazole rings is 1. The Morgan fingerprint density at radius 1 is 1.09 bits per heavy atom. The van der Waals surface area contributed by atoms with Gasteiger partial charge in [-0.1, -0.05) is 12.1 Å². The highest BCUT2D eigenvalue weighted by Gasteiger charge is 2.27. The number of rotatable bonds is 6. The van der Waals surface area contributed by atoms with E-state index in [0.29, 0.717) is 5.56 Å². The van der Waals surface area contributed by atoms with Crippen molar-refractivity contribution in [1.29, 1.82) is 0 Å². The van der Waals surface area contributed by atoms with E-state index in [1.165, 1.54) is 29.4 Å². The SMILES string of the molecule is CN(CC(c1ccc(OC(=O)c2ccc(F)cc2)cc1)c1nccn1C(=O)O)C(=O)OC(C)(C)C. The molecule has 35 heavy (non-hydrogen) atoms. The Kier molecular flexibility index (Phi) is 7.53. The third-order valence-corrected chi connectivity index (χ3v) is 4.92. The van der Waals surface area contributed by atoms with Crippen LogP contribution >= 0.6 is 0 Å². The zero-order valence-electron chi connectivity index (χ0n) is 19.8. The van der Waals surface area contributed by atoms with E-state index in [0.717, 1.165) is 16.7 Å². The summed E-state index contributed by atoms with van der Waals surface area (Å²) in [6, 6.07) is 11.4. The molecule has 1 heterocycles. The molecule has 3 rings (SSSR count). The van der Waals surface area contributed by atoms with E-state index >= 15 is 0 Å². The van der Waals surface area contributed by atoms with Crippen LogP contribution < -0.4 is 4.74 Å². The predicted molar refractivity (Wildman–Crippen MR) is 124 cm³/mol. The number of aromatic nitrogens is 2. The standard InChI is InChI=1S/C25H26FN3O6/c1-25(2,3)35-24(33)28(4)15-20(21-27-13-14-29(21)23(31)32)16-7-11-19(12-8-16)34-22(30)17-5-9-18(26)10-6-17/h5-14,20H,15H2,1-4H3,(H,31,32). The summed E-state index contributed by atoms with van der Waals surface area (Å²) < 4.78 is 24.8. The Bertz CT molecular complexity index is 1200. The number of amides is 1. The Morgan fingerprint density at radius 2 is 1.71 bits per heavy atom. The maximum Gasteiger partial charge on any atom is 0.417 e. The molecule has 0 saturated heterocycles. The van der Waals surface area contributed by atoms with Crippen LogP contribution in [0.4, 0.5) is 14.0 Å². The summed E-state index contributed by atoms with van der Waals surface area (Å²) in [4.78, 5) is 42.1. The molecule has 10 heteroatoms. The predicted octanol–water partition coefficient (Wildman–Crippen LogP) is 4.77. The molecule has 0 aliphatic carbocycles. The maximum absolute atomic E-state index is 13.1. The Morgan fingerprint density at radius 3 is 2.29 bits per heavy atom. The monoisotopic (exact) mass is 483 g/mol. The number of benzene rings is 2. The van der Waals surface area contributed by atoms with Crippen molar-refractivity contribution in [3.63, 3.8) is 0 Å². The first-order valence-electron chi connectivity index (χ1n) is 10.7. The highest BCUT2D eigenvalue weighted by Crippen LogP contribution is 2.27. The van der Waals surface area contributed by atoms with Gasteiger partial charge in [0.2, 0.25) is 0 Å². The van der Waals surface area contributed by atoms with Crippen LogP contribution in [0.5, 0.6) is 5.75 Å². The van der Waals surface area contributed by atoms with Crippen molar-refractivity contribution in [2.75, 3.05) is 13.6 Å². The molecule has 1 atom stereocenters. The minimum atomic E-state index is -1.22. The lowest BCUT2D eigenvalue weighted by Gasteiger charge is -2.27. The molecular weight excluding hydrogens is 457 g/mol. The second-order valence-electron chi connectivity index (χ2n) is 8.82. The molecular formula is C25H26FN3O6. The number of ether oxygens (including phenoxy) is 2. The fourth-order valence-corrected chi connectivity index (χ4v) is 3.28. The molecule has 0 fully saturated rings. The minimum absolute atomic E-state index is 0.0773. The van der Waals surface area contributed by atoms with Crippen LogP contribution in [-0.4, -0.2) is 56.9 Å². The summed E-state index contributed by atoms with van der Waals surface area (Å²) in [5, 5.41) is 9.55. The number of carbonyl (C=O) groups excluding carboxylic acids is 2. The summed E-state index contributed by atoms with van der Waals surface area (Å²) in [6.07, 6.45) is 0.896. The fraction of sp³-hybridized carbons (Fsp3) is 0.280. The first-order chi connectivity index (χ1) is 16.4. The number of hydrogen-bond acceptors (Lipinski definition) is 6. The zero-order chi connectivity index (χ0) is 25.8. The molecule has 0 radical (unpaired) electrons. The van der Waals surface area contributed by atoms with Crippen LogP contribution in [0.1, 0.15) is 48.4 Å². The number of halogens is 1. The van der Waals surface area contributed by atoms with E-state index in [9.17, 15) is 23.9 Å². The van der Waals surface area contributed by atoms with Crippen molar-refractivity contribution in [2.24, 2.45) is 0 Å². The van der Waals surface area contributed by atoms with E-state index in [1.54, 1.807) is 52.1 Å². The summed E-state index contributed by atoms with van der Waals surface area (Å²) >= 11 is 0. The van der Waals surface area contributed by atoms with E-state index in [1.807, 2.05) is 0 Å². The summed E-state index contributed by atoms with van der Waals surface area (Å²) in [5.74, 6) is -1.29. The second-order valence-corrected chi connectivity index (χ2v) is 8.82. The quantitative estimate of drug-likeness (QED) is 0.397. The molecule has 0 bridgehead atoms. The minimum Gasteiger partial charge on any atom is -0.464 e. The Hall–Kier alpha value is -4.21. The summed E-state index contributed by atoms with van der Waals surface area (Å²) in [6.45, 7) is 5.33. The summed E-state index contributed by atoms with van der Waals surface area (Å²) in [7, 11) is 1.55. The molecule has 1 amide bonds. The van der Waals surface area contributed by atoms with E-state index in [4.69, 9.17) is 9.47 Å². The lowest BCUT2D eigenvalue weighted by molar-refractivity contribution is 0.0292. The molecule has 0 aliphatic rings. The van der Waals surface area contributed by atoms with Crippen molar-refractivity contribution in [1.82, 2.24) is 14.5 Å². The van der Waals surface area contributed by atoms with Crippen LogP contribution in [-0.2, 0) is 4.74 Å².